The maximum absolute atomic E-state index is 12.9. The van der Waals surface area contributed by atoms with Crippen molar-refractivity contribution in [3.8, 4) is 0 Å². The third-order valence-corrected chi connectivity index (χ3v) is 3.62. The number of rotatable bonds is 3. The second-order valence-corrected chi connectivity index (χ2v) is 5.39. The van der Waals surface area contributed by atoms with Gasteiger partial charge in [0.1, 0.15) is 5.82 Å². The predicted molar refractivity (Wildman–Crippen MR) is 88.1 cm³/mol. The van der Waals surface area contributed by atoms with E-state index in [-0.39, 0.29) is 17.9 Å². The molecule has 0 saturated carbocycles. The van der Waals surface area contributed by atoms with Gasteiger partial charge in [-0.25, -0.2) is 4.98 Å². The number of nitrogens with zero attached hydrogens (tertiary/aromatic N) is 2. The molecule has 0 aliphatic rings. The van der Waals surface area contributed by atoms with Crippen molar-refractivity contribution in [3.63, 3.8) is 0 Å². The Labute approximate surface area is 134 Å². The molecule has 1 atom stereocenters. The Morgan fingerprint density at radius 2 is 1.70 bits per heavy atom. The Balaban J connectivity index is 2.17. The zero-order valence-corrected chi connectivity index (χ0v) is 13.0. The Morgan fingerprint density at radius 1 is 1.04 bits per heavy atom. The molecule has 2 aromatic carbocycles. The van der Waals surface area contributed by atoms with Crippen LogP contribution in [0.25, 0.3) is 11.0 Å². The van der Waals surface area contributed by atoms with E-state index in [1.165, 1.54) is 6.92 Å². The average Bonchev–Trinajstić information content (AvgIpc) is 2.94. The smallest absolute Gasteiger partial charge is 0.263 e. The SMILES string of the molecule is CC(=O)N[C@H](C)c1nc2ccccc2n1C(=O)c1ccccc1. The molecule has 0 aliphatic carbocycles. The van der Waals surface area contributed by atoms with Crippen LogP contribution < -0.4 is 5.32 Å². The van der Waals surface area contributed by atoms with E-state index >= 15 is 0 Å². The lowest BCUT2D eigenvalue weighted by atomic mass is 10.2. The van der Waals surface area contributed by atoms with E-state index < -0.39 is 0 Å². The minimum Gasteiger partial charge on any atom is -0.347 e. The molecule has 1 heterocycles. The van der Waals surface area contributed by atoms with Gasteiger partial charge in [0.15, 0.2) is 0 Å². The van der Waals surface area contributed by atoms with Gasteiger partial charge in [-0.15, -0.1) is 0 Å². The van der Waals surface area contributed by atoms with Crippen LogP contribution in [-0.4, -0.2) is 21.4 Å². The number of amides is 1. The molecule has 3 rings (SSSR count). The van der Waals surface area contributed by atoms with Gasteiger partial charge >= 0.3 is 0 Å². The van der Waals surface area contributed by atoms with Crippen LogP contribution in [0.3, 0.4) is 0 Å². The van der Waals surface area contributed by atoms with Crippen LogP contribution in [0.1, 0.15) is 36.1 Å². The molecule has 23 heavy (non-hydrogen) atoms. The summed E-state index contributed by atoms with van der Waals surface area (Å²) in [5.41, 5.74) is 2.03. The van der Waals surface area contributed by atoms with Crippen molar-refractivity contribution in [1.29, 1.82) is 0 Å². The quantitative estimate of drug-likeness (QED) is 0.809. The number of para-hydroxylation sites is 2. The number of aromatic nitrogens is 2. The molecule has 0 spiro atoms. The Hall–Kier alpha value is -2.95. The molecule has 0 unspecified atom stereocenters. The van der Waals surface area contributed by atoms with E-state index in [0.29, 0.717) is 11.4 Å². The number of benzene rings is 2. The van der Waals surface area contributed by atoms with Crippen LogP contribution in [0, 0.1) is 0 Å². The largest absolute Gasteiger partial charge is 0.347 e. The first-order valence-corrected chi connectivity index (χ1v) is 7.42. The lowest BCUT2D eigenvalue weighted by Crippen LogP contribution is -2.28. The second kappa shape index (κ2) is 6.04. The summed E-state index contributed by atoms with van der Waals surface area (Å²) in [6.07, 6.45) is 0. The third kappa shape index (κ3) is 2.85. The number of carbonyl (C=O) groups excluding carboxylic acids is 2. The lowest BCUT2D eigenvalue weighted by molar-refractivity contribution is -0.119. The highest BCUT2D eigenvalue weighted by molar-refractivity contribution is 6.01. The summed E-state index contributed by atoms with van der Waals surface area (Å²) in [6, 6.07) is 16.1. The molecule has 5 heteroatoms. The minimum atomic E-state index is -0.368. The van der Waals surface area contributed by atoms with E-state index in [1.807, 2.05) is 49.4 Å². The zero-order chi connectivity index (χ0) is 16.4. The van der Waals surface area contributed by atoms with Gasteiger partial charge in [-0.3, -0.25) is 14.2 Å². The van der Waals surface area contributed by atoms with E-state index in [2.05, 4.69) is 10.3 Å². The van der Waals surface area contributed by atoms with Crippen molar-refractivity contribution < 1.29 is 9.59 Å². The molecule has 0 aliphatic heterocycles. The molecule has 1 N–H and O–H groups in total. The molecule has 5 nitrogen and oxygen atoms in total. The molecular weight excluding hydrogens is 290 g/mol. The monoisotopic (exact) mass is 307 g/mol. The van der Waals surface area contributed by atoms with Crippen LogP contribution in [0.2, 0.25) is 0 Å². The summed E-state index contributed by atoms with van der Waals surface area (Å²) < 4.78 is 1.57. The summed E-state index contributed by atoms with van der Waals surface area (Å²) in [4.78, 5) is 28.8. The van der Waals surface area contributed by atoms with Gasteiger partial charge in [-0.05, 0) is 31.2 Å². The van der Waals surface area contributed by atoms with Gasteiger partial charge in [0, 0.05) is 12.5 Å². The van der Waals surface area contributed by atoms with Crippen LogP contribution in [0.4, 0.5) is 0 Å². The first-order chi connectivity index (χ1) is 11.1. The zero-order valence-electron chi connectivity index (χ0n) is 13.0. The summed E-state index contributed by atoms with van der Waals surface area (Å²) in [5, 5.41) is 2.79. The molecule has 1 amide bonds. The topological polar surface area (TPSA) is 64.0 Å². The number of carbonyl (C=O) groups is 2. The number of imidazole rings is 1. The standard InChI is InChI=1S/C18H17N3O2/c1-12(19-13(2)22)17-20-15-10-6-7-11-16(15)21(17)18(23)14-8-4-3-5-9-14/h3-12H,1-2H3,(H,19,22)/t12-/m1/s1. The number of fused-ring (bicyclic) bond motifs is 1. The van der Waals surface area contributed by atoms with E-state index in [9.17, 15) is 9.59 Å². The van der Waals surface area contributed by atoms with Crippen molar-refractivity contribution >= 4 is 22.8 Å². The van der Waals surface area contributed by atoms with Crippen molar-refractivity contribution in [1.82, 2.24) is 14.9 Å². The van der Waals surface area contributed by atoms with Crippen molar-refractivity contribution in [2.75, 3.05) is 0 Å². The van der Waals surface area contributed by atoms with Gasteiger partial charge in [-0.1, -0.05) is 30.3 Å². The van der Waals surface area contributed by atoms with Crippen LogP contribution in [-0.2, 0) is 4.79 Å². The summed E-state index contributed by atoms with van der Waals surface area (Å²) in [7, 11) is 0. The molecular formula is C18H17N3O2. The first-order valence-electron chi connectivity index (χ1n) is 7.42. The predicted octanol–water partition coefficient (Wildman–Crippen LogP) is 2.92. The molecule has 0 fully saturated rings. The molecule has 116 valence electrons. The highest BCUT2D eigenvalue weighted by Crippen LogP contribution is 2.22. The van der Waals surface area contributed by atoms with Crippen LogP contribution in [0.5, 0.6) is 0 Å². The van der Waals surface area contributed by atoms with Gasteiger partial charge in [0.2, 0.25) is 5.91 Å². The van der Waals surface area contributed by atoms with Gasteiger partial charge in [0.25, 0.3) is 5.91 Å². The van der Waals surface area contributed by atoms with Gasteiger partial charge in [-0.2, -0.15) is 0 Å². The summed E-state index contributed by atoms with van der Waals surface area (Å²) in [6.45, 7) is 3.26. The number of nitrogens with one attached hydrogen (secondary N) is 1. The number of hydrogen-bond acceptors (Lipinski definition) is 3. The second-order valence-electron chi connectivity index (χ2n) is 5.39. The van der Waals surface area contributed by atoms with Gasteiger partial charge < -0.3 is 5.32 Å². The Morgan fingerprint density at radius 3 is 2.39 bits per heavy atom. The van der Waals surface area contributed by atoms with E-state index in [0.717, 1.165) is 11.0 Å². The van der Waals surface area contributed by atoms with E-state index in [1.54, 1.807) is 16.7 Å². The highest BCUT2D eigenvalue weighted by atomic mass is 16.2. The van der Waals surface area contributed by atoms with Crippen molar-refractivity contribution in [2.24, 2.45) is 0 Å². The molecule has 0 radical (unpaired) electrons. The minimum absolute atomic E-state index is 0.161. The van der Waals surface area contributed by atoms with E-state index in [4.69, 9.17) is 0 Å². The summed E-state index contributed by atoms with van der Waals surface area (Å²) >= 11 is 0. The normalized spacial score (nSPS) is 12.1. The summed E-state index contributed by atoms with van der Waals surface area (Å²) in [5.74, 6) is 0.199. The Bertz CT molecular complexity index is 868. The highest BCUT2D eigenvalue weighted by Gasteiger charge is 2.22. The maximum atomic E-state index is 12.9. The number of hydrogen-bond donors (Lipinski definition) is 1. The molecule has 3 aromatic rings. The Kier molecular flexibility index (Phi) is 3.93. The van der Waals surface area contributed by atoms with Crippen molar-refractivity contribution in [2.45, 2.75) is 19.9 Å². The lowest BCUT2D eigenvalue weighted by Gasteiger charge is -2.14. The fraction of sp³-hybridized carbons (Fsp3) is 0.167. The molecule has 1 aromatic heterocycles. The third-order valence-electron chi connectivity index (χ3n) is 3.62. The van der Waals surface area contributed by atoms with Gasteiger partial charge in [0.05, 0.1) is 17.1 Å². The molecule has 0 saturated heterocycles. The van der Waals surface area contributed by atoms with Crippen molar-refractivity contribution in [3.05, 3.63) is 66.0 Å². The van der Waals surface area contributed by atoms with Crippen LogP contribution in [0.15, 0.2) is 54.6 Å². The molecule has 0 bridgehead atoms. The first kappa shape index (κ1) is 15.0. The average molecular weight is 307 g/mol. The van der Waals surface area contributed by atoms with Crippen LogP contribution >= 0.6 is 0 Å². The fourth-order valence-electron chi connectivity index (χ4n) is 2.63. The maximum Gasteiger partial charge on any atom is 0.263 e. The fourth-order valence-corrected chi connectivity index (χ4v) is 2.63.